The van der Waals surface area contributed by atoms with Crippen LogP contribution < -0.4 is 10.0 Å². The van der Waals surface area contributed by atoms with Gasteiger partial charge in [0.15, 0.2) is 0 Å². The van der Waals surface area contributed by atoms with Crippen LogP contribution in [0.25, 0.3) is 0 Å². The van der Waals surface area contributed by atoms with E-state index >= 15 is 0 Å². The molecule has 9 heteroatoms. The highest BCUT2D eigenvalue weighted by molar-refractivity contribution is 7.89. The standard InChI is InChI=1S/C11H15N3O5S/c1-12-10(15)5-13-20(18,19)8-4-9(11(16)17)14(6-8)7-2-3-7/h4,6-7,13H,2-3,5H2,1H3,(H,12,15)(H,16,17). The molecule has 0 radical (unpaired) electrons. The Morgan fingerprint density at radius 2 is 2.10 bits per heavy atom. The number of hydrogen-bond donors (Lipinski definition) is 3. The zero-order chi connectivity index (χ0) is 14.9. The van der Waals surface area contributed by atoms with Crippen LogP contribution in [0, 0.1) is 0 Å². The van der Waals surface area contributed by atoms with Crippen molar-refractivity contribution >= 4 is 21.9 Å². The summed E-state index contributed by atoms with van der Waals surface area (Å²) in [5, 5.41) is 11.4. The molecule has 1 aromatic rings. The van der Waals surface area contributed by atoms with Crippen molar-refractivity contribution in [3.8, 4) is 0 Å². The van der Waals surface area contributed by atoms with Crippen LogP contribution in [-0.2, 0) is 14.8 Å². The smallest absolute Gasteiger partial charge is 0.352 e. The lowest BCUT2D eigenvalue weighted by Gasteiger charge is -2.04. The van der Waals surface area contributed by atoms with Crippen molar-refractivity contribution < 1.29 is 23.1 Å². The minimum absolute atomic E-state index is 0.0454. The number of likely N-dealkylation sites (N-methyl/N-ethyl adjacent to an activating group) is 1. The second-order valence-electron chi connectivity index (χ2n) is 4.50. The largest absolute Gasteiger partial charge is 0.477 e. The number of nitrogens with one attached hydrogen (secondary N) is 2. The minimum Gasteiger partial charge on any atom is -0.477 e. The van der Waals surface area contributed by atoms with Crippen molar-refractivity contribution in [2.45, 2.75) is 23.8 Å². The Morgan fingerprint density at radius 3 is 2.60 bits per heavy atom. The van der Waals surface area contributed by atoms with E-state index < -0.39 is 28.4 Å². The van der Waals surface area contributed by atoms with Gasteiger partial charge in [0, 0.05) is 19.3 Å². The van der Waals surface area contributed by atoms with Crippen LogP contribution in [-0.4, -0.2) is 43.6 Å². The first-order chi connectivity index (χ1) is 9.35. The second-order valence-corrected chi connectivity index (χ2v) is 6.27. The first-order valence-corrected chi connectivity index (χ1v) is 7.49. The number of carbonyl (C=O) groups excluding carboxylic acids is 1. The molecule has 1 aliphatic carbocycles. The number of rotatable bonds is 6. The number of hydrogen-bond acceptors (Lipinski definition) is 4. The van der Waals surface area contributed by atoms with E-state index in [4.69, 9.17) is 5.11 Å². The predicted molar refractivity (Wildman–Crippen MR) is 68.9 cm³/mol. The van der Waals surface area contributed by atoms with Gasteiger partial charge >= 0.3 is 5.97 Å². The Morgan fingerprint density at radius 1 is 1.45 bits per heavy atom. The first-order valence-electron chi connectivity index (χ1n) is 6.00. The van der Waals surface area contributed by atoms with Crippen LogP contribution in [0.15, 0.2) is 17.2 Å². The van der Waals surface area contributed by atoms with E-state index in [0.29, 0.717) is 0 Å². The van der Waals surface area contributed by atoms with Gasteiger partial charge in [0.05, 0.1) is 6.54 Å². The quantitative estimate of drug-likeness (QED) is 0.657. The average molecular weight is 301 g/mol. The molecule has 1 aliphatic rings. The van der Waals surface area contributed by atoms with Crippen LogP contribution in [0.2, 0.25) is 0 Å². The number of carboxylic acid groups (broad SMARTS) is 1. The second kappa shape index (κ2) is 5.25. The number of nitrogens with zero attached hydrogens (tertiary/aromatic N) is 1. The predicted octanol–water partition coefficient (Wildman–Crippen LogP) is -0.454. The molecule has 0 spiro atoms. The van der Waals surface area contributed by atoms with E-state index in [1.165, 1.54) is 17.8 Å². The third-order valence-corrected chi connectivity index (χ3v) is 4.36. The van der Waals surface area contributed by atoms with E-state index in [1.54, 1.807) is 0 Å². The number of carboxylic acids is 1. The summed E-state index contributed by atoms with van der Waals surface area (Å²) in [7, 11) is -2.51. The summed E-state index contributed by atoms with van der Waals surface area (Å²) in [6.45, 7) is -0.393. The summed E-state index contributed by atoms with van der Waals surface area (Å²) in [6, 6.07) is 1.15. The molecule has 0 aliphatic heterocycles. The third-order valence-electron chi connectivity index (χ3n) is 2.99. The lowest BCUT2D eigenvalue weighted by Crippen LogP contribution is -2.35. The Balaban J connectivity index is 2.25. The molecule has 2 rings (SSSR count). The van der Waals surface area contributed by atoms with E-state index in [1.807, 2.05) is 0 Å². The molecule has 110 valence electrons. The van der Waals surface area contributed by atoms with Gasteiger partial charge in [-0.15, -0.1) is 0 Å². The molecule has 3 N–H and O–H groups in total. The number of amides is 1. The number of aromatic nitrogens is 1. The van der Waals surface area contributed by atoms with Crippen molar-refractivity contribution in [2.24, 2.45) is 0 Å². The molecule has 0 atom stereocenters. The van der Waals surface area contributed by atoms with Gasteiger partial charge in [-0.1, -0.05) is 0 Å². The highest BCUT2D eigenvalue weighted by Crippen LogP contribution is 2.37. The van der Waals surface area contributed by atoms with Crippen LogP contribution in [0.5, 0.6) is 0 Å². The van der Waals surface area contributed by atoms with Crippen LogP contribution in [0.1, 0.15) is 29.4 Å². The van der Waals surface area contributed by atoms with Gasteiger partial charge in [-0.25, -0.2) is 17.9 Å². The summed E-state index contributed by atoms with van der Waals surface area (Å²) < 4.78 is 27.5. The van der Waals surface area contributed by atoms with Gasteiger partial charge in [0.25, 0.3) is 0 Å². The fourth-order valence-electron chi connectivity index (χ4n) is 1.76. The summed E-state index contributed by atoms with van der Waals surface area (Å²) in [4.78, 5) is 22.0. The molecule has 0 aromatic carbocycles. The fraction of sp³-hybridized carbons (Fsp3) is 0.455. The molecular weight excluding hydrogens is 286 g/mol. The van der Waals surface area contributed by atoms with Crippen molar-refractivity contribution in [3.05, 3.63) is 18.0 Å². The SMILES string of the molecule is CNC(=O)CNS(=O)(=O)c1cc(C(=O)O)n(C2CC2)c1. The Labute approximate surface area is 115 Å². The average Bonchev–Trinajstić information content (AvgIpc) is 3.13. The highest BCUT2D eigenvalue weighted by atomic mass is 32.2. The fourth-order valence-corrected chi connectivity index (χ4v) is 2.77. The molecule has 1 heterocycles. The lowest BCUT2D eigenvalue weighted by molar-refractivity contribution is -0.119. The molecule has 1 saturated carbocycles. The van der Waals surface area contributed by atoms with Gasteiger partial charge in [-0.05, 0) is 18.9 Å². The van der Waals surface area contributed by atoms with Gasteiger partial charge in [-0.3, -0.25) is 4.79 Å². The zero-order valence-corrected chi connectivity index (χ0v) is 11.6. The molecule has 1 fully saturated rings. The molecule has 20 heavy (non-hydrogen) atoms. The van der Waals surface area contributed by atoms with Crippen LogP contribution in [0.4, 0.5) is 0 Å². The van der Waals surface area contributed by atoms with Crippen LogP contribution >= 0.6 is 0 Å². The number of aromatic carboxylic acids is 1. The number of carbonyl (C=O) groups is 2. The Hall–Kier alpha value is -1.87. The zero-order valence-electron chi connectivity index (χ0n) is 10.8. The van der Waals surface area contributed by atoms with Crippen molar-refractivity contribution in [2.75, 3.05) is 13.6 Å². The third kappa shape index (κ3) is 2.99. The monoisotopic (exact) mass is 301 g/mol. The van der Waals surface area contributed by atoms with E-state index in [2.05, 4.69) is 10.0 Å². The molecule has 1 aromatic heterocycles. The minimum atomic E-state index is -3.90. The Kier molecular flexibility index (Phi) is 3.82. The van der Waals surface area contributed by atoms with Gasteiger partial charge in [0.2, 0.25) is 15.9 Å². The van der Waals surface area contributed by atoms with E-state index in [9.17, 15) is 18.0 Å². The van der Waals surface area contributed by atoms with Crippen LogP contribution in [0.3, 0.4) is 0 Å². The van der Waals surface area contributed by atoms with Crippen molar-refractivity contribution in [1.82, 2.24) is 14.6 Å². The van der Waals surface area contributed by atoms with Gasteiger partial charge in [-0.2, -0.15) is 0 Å². The molecule has 8 nitrogen and oxygen atoms in total. The highest BCUT2D eigenvalue weighted by Gasteiger charge is 2.30. The van der Waals surface area contributed by atoms with E-state index in [-0.39, 0.29) is 16.6 Å². The van der Waals surface area contributed by atoms with E-state index in [0.717, 1.165) is 18.9 Å². The lowest BCUT2D eigenvalue weighted by atomic mass is 10.4. The molecular formula is C11H15N3O5S. The molecule has 0 unspecified atom stereocenters. The van der Waals surface area contributed by atoms with Gasteiger partial charge < -0.3 is 15.0 Å². The summed E-state index contributed by atoms with van der Waals surface area (Å²) in [6.07, 6.45) is 2.97. The Bertz CT molecular complexity index is 645. The maximum Gasteiger partial charge on any atom is 0.352 e. The summed E-state index contributed by atoms with van der Waals surface area (Å²) in [5.74, 6) is -1.65. The van der Waals surface area contributed by atoms with Crippen molar-refractivity contribution in [1.29, 1.82) is 0 Å². The first kappa shape index (κ1) is 14.5. The maximum atomic E-state index is 12.0. The normalized spacial score (nSPS) is 15.1. The molecule has 0 saturated heterocycles. The van der Waals surface area contributed by atoms with Gasteiger partial charge in [0.1, 0.15) is 10.6 Å². The molecule has 1 amide bonds. The summed E-state index contributed by atoms with van der Waals surface area (Å²) >= 11 is 0. The van der Waals surface area contributed by atoms with Crippen molar-refractivity contribution in [3.63, 3.8) is 0 Å². The number of sulfonamides is 1. The molecule has 0 bridgehead atoms. The topological polar surface area (TPSA) is 118 Å². The summed E-state index contributed by atoms with van der Waals surface area (Å²) in [5.41, 5.74) is -0.0622. The maximum absolute atomic E-state index is 12.0.